The normalized spacial score (nSPS) is 12.4. The first-order valence-corrected chi connectivity index (χ1v) is 8.43. The van der Waals surface area contributed by atoms with Crippen LogP contribution in [0.4, 0.5) is 13.2 Å². The van der Waals surface area contributed by atoms with E-state index in [1.54, 1.807) is 25.1 Å². The number of rotatable bonds is 6. The van der Waals surface area contributed by atoms with Crippen LogP contribution in [-0.2, 0) is 0 Å². The Morgan fingerprint density at radius 1 is 1.08 bits per heavy atom. The molecule has 0 aromatic heterocycles. The molecule has 4 nitrogen and oxygen atoms in total. The van der Waals surface area contributed by atoms with Crippen molar-refractivity contribution in [1.29, 1.82) is 0 Å². The van der Waals surface area contributed by atoms with E-state index in [0.717, 1.165) is 5.56 Å². The molecule has 2 aromatic carbocycles. The Kier molecular flexibility index (Phi) is 6.42. The third-order valence-electron chi connectivity index (χ3n) is 3.60. The molecule has 0 fully saturated rings. The maximum atomic E-state index is 12.4. The van der Waals surface area contributed by atoms with Crippen molar-refractivity contribution in [3.05, 3.63) is 53.6 Å². The lowest BCUT2D eigenvalue weighted by Gasteiger charge is -2.18. The summed E-state index contributed by atoms with van der Waals surface area (Å²) in [6.45, 7) is 1.78. The van der Waals surface area contributed by atoms with Gasteiger partial charge in [0, 0.05) is 16.0 Å². The fourth-order valence-electron chi connectivity index (χ4n) is 2.34. The number of halogens is 3. The zero-order valence-corrected chi connectivity index (χ0v) is 15.2. The highest BCUT2D eigenvalue weighted by Gasteiger charge is 2.29. The fraction of sp³-hybridized carbons (Fsp3) is 0.278. The number of carbonyl (C=O) groups excluding carboxylic acids is 1. The van der Waals surface area contributed by atoms with Crippen molar-refractivity contribution in [3.8, 4) is 11.5 Å². The average Bonchev–Trinajstić information content (AvgIpc) is 2.60. The van der Waals surface area contributed by atoms with Crippen LogP contribution < -0.4 is 14.8 Å². The maximum absolute atomic E-state index is 12.4. The third kappa shape index (κ3) is 5.32. The van der Waals surface area contributed by atoms with Crippen LogP contribution in [0.2, 0.25) is 0 Å². The maximum Gasteiger partial charge on any atom is 0.446 e. The van der Waals surface area contributed by atoms with Crippen molar-refractivity contribution in [2.45, 2.75) is 23.4 Å². The topological polar surface area (TPSA) is 47.6 Å². The number of hydrogen-bond acceptors (Lipinski definition) is 4. The molecule has 1 unspecified atom stereocenters. The summed E-state index contributed by atoms with van der Waals surface area (Å²) >= 11 is -0.221. The molecule has 0 saturated heterocycles. The van der Waals surface area contributed by atoms with E-state index in [2.05, 4.69) is 5.32 Å². The van der Waals surface area contributed by atoms with Crippen LogP contribution in [-0.4, -0.2) is 25.6 Å². The van der Waals surface area contributed by atoms with Gasteiger partial charge in [0.2, 0.25) is 0 Å². The SMILES string of the molecule is COc1ccc(OC)c(C(C)NC(=O)c2ccc(SC(F)(F)F)cc2)c1. The summed E-state index contributed by atoms with van der Waals surface area (Å²) in [6.07, 6.45) is 0. The van der Waals surface area contributed by atoms with Crippen molar-refractivity contribution < 1.29 is 27.4 Å². The summed E-state index contributed by atoms with van der Waals surface area (Å²) in [5.74, 6) is 0.817. The molecule has 0 spiro atoms. The van der Waals surface area contributed by atoms with Gasteiger partial charge in [0.1, 0.15) is 11.5 Å². The fourth-order valence-corrected chi connectivity index (χ4v) is 2.88. The lowest BCUT2D eigenvalue weighted by Crippen LogP contribution is -2.27. The third-order valence-corrected chi connectivity index (χ3v) is 4.34. The van der Waals surface area contributed by atoms with Crippen LogP contribution in [0.15, 0.2) is 47.4 Å². The summed E-state index contributed by atoms with van der Waals surface area (Å²) in [5.41, 5.74) is -3.36. The highest BCUT2D eigenvalue weighted by atomic mass is 32.2. The minimum Gasteiger partial charge on any atom is -0.497 e. The molecule has 0 aliphatic heterocycles. The number of alkyl halides is 3. The molecule has 26 heavy (non-hydrogen) atoms. The van der Waals surface area contributed by atoms with Crippen molar-refractivity contribution in [3.63, 3.8) is 0 Å². The second kappa shape index (κ2) is 8.35. The Morgan fingerprint density at radius 3 is 2.27 bits per heavy atom. The molecular weight excluding hydrogens is 367 g/mol. The number of thioether (sulfide) groups is 1. The van der Waals surface area contributed by atoms with E-state index in [0.29, 0.717) is 11.5 Å². The predicted molar refractivity (Wildman–Crippen MR) is 93.8 cm³/mol. The number of carbonyl (C=O) groups is 1. The highest BCUT2D eigenvalue weighted by molar-refractivity contribution is 8.00. The largest absolute Gasteiger partial charge is 0.497 e. The Bertz CT molecular complexity index is 763. The summed E-state index contributed by atoms with van der Waals surface area (Å²) in [7, 11) is 3.06. The van der Waals surface area contributed by atoms with Crippen LogP contribution in [0.3, 0.4) is 0 Å². The standard InChI is InChI=1S/C18H18F3NO3S/c1-11(15-10-13(24-2)6-9-16(15)25-3)22-17(23)12-4-7-14(8-5-12)26-18(19,20)21/h4-11H,1-3H3,(H,22,23). The van der Waals surface area contributed by atoms with E-state index in [-0.39, 0.29) is 22.2 Å². The molecule has 8 heteroatoms. The van der Waals surface area contributed by atoms with E-state index in [1.165, 1.54) is 38.5 Å². The zero-order chi connectivity index (χ0) is 19.3. The molecule has 2 rings (SSSR count). The molecule has 1 amide bonds. The first-order valence-electron chi connectivity index (χ1n) is 7.62. The van der Waals surface area contributed by atoms with E-state index in [9.17, 15) is 18.0 Å². The molecule has 0 bridgehead atoms. The van der Waals surface area contributed by atoms with Gasteiger partial charge in [-0.25, -0.2) is 0 Å². The van der Waals surface area contributed by atoms with Gasteiger partial charge in [-0.2, -0.15) is 13.2 Å². The van der Waals surface area contributed by atoms with Gasteiger partial charge in [-0.15, -0.1) is 0 Å². The van der Waals surface area contributed by atoms with E-state index in [4.69, 9.17) is 9.47 Å². The first kappa shape index (κ1) is 20.0. The number of hydrogen-bond donors (Lipinski definition) is 1. The molecule has 0 heterocycles. The highest BCUT2D eigenvalue weighted by Crippen LogP contribution is 2.36. The molecule has 0 radical (unpaired) electrons. The van der Waals surface area contributed by atoms with Crippen LogP contribution in [0.1, 0.15) is 28.9 Å². The van der Waals surface area contributed by atoms with Gasteiger partial charge in [0.25, 0.3) is 5.91 Å². The number of benzene rings is 2. The number of ether oxygens (including phenoxy) is 2. The summed E-state index contributed by atoms with van der Waals surface area (Å²) in [4.78, 5) is 12.4. The Balaban J connectivity index is 2.12. The van der Waals surface area contributed by atoms with Gasteiger partial charge in [-0.3, -0.25) is 4.79 Å². The Morgan fingerprint density at radius 2 is 1.73 bits per heavy atom. The summed E-state index contributed by atoms with van der Waals surface area (Å²) in [6, 6.07) is 10.1. The Labute approximate surface area is 153 Å². The van der Waals surface area contributed by atoms with Gasteiger partial charge >= 0.3 is 5.51 Å². The minimum absolute atomic E-state index is 0.0246. The molecule has 0 aliphatic rings. The smallest absolute Gasteiger partial charge is 0.446 e. The number of nitrogens with one attached hydrogen (secondary N) is 1. The van der Waals surface area contributed by atoms with E-state index in [1.807, 2.05) is 0 Å². The average molecular weight is 385 g/mol. The lowest BCUT2D eigenvalue weighted by atomic mass is 10.1. The van der Waals surface area contributed by atoms with E-state index < -0.39 is 17.5 Å². The van der Waals surface area contributed by atoms with Crippen molar-refractivity contribution in [1.82, 2.24) is 5.32 Å². The monoisotopic (exact) mass is 385 g/mol. The lowest BCUT2D eigenvalue weighted by molar-refractivity contribution is -0.0328. The molecule has 1 atom stereocenters. The quantitative estimate of drug-likeness (QED) is 0.725. The Hall–Kier alpha value is -2.35. The van der Waals surface area contributed by atoms with Gasteiger partial charge in [0.05, 0.1) is 20.3 Å². The van der Waals surface area contributed by atoms with Crippen LogP contribution in [0.25, 0.3) is 0 Å². The summed E-state index contributed by atoms with van der Waals surface area (Å²) < 4.78 is 47.5. The summed E-state index contributed by atoms with van der Waals surface area (Å²) in [5, 5.41) is 2.80. The van der Waals surface area contributed by atoms with Crippen LogP contribution in [0.5, 0.6) is 11.5 Å². The molecule has 0 saturated carbocycles. The number of methoxy groups -OCH3 is 2. The predicted octanol–water partition coefficient (Wildman–Crippen LogP) is 4.81. The van der Waals surface area contributed by atoms with Crippen molar-refractivity contribution >= 4 is 17.7 Å². The minimum atomic E-state index is -4.36. The molecule has 0 aliphatic carbocycles. The van der Waals surface area contributed by atoms with Gasteiger partial charge in [-0.05, 0) is 61.2 Å². The van der Waals surface area contributed by atoms with Gasteiger partial charge in [0.15, 0.2) is 0 Å². The van der Waals surface area contributed by atoms with Gasteiger partial charge < -0.3 is 14.8 Å². The number of amides is 1. The molecule has 140 valence electrons. The van der Waals surface area contributed by atoms with Crippen molar-refractivity contribution in [2.75, 3.05) is 14.2 Å². The van der Waals surface area contributed by atoms with Crippen LogP contribution in [0, 0.1) is 0 Å². The molecule has 1 N–H and O–H groups in total. The molecule has 2 aromatic rings. The second-order valence-corrected chi connectivity index (χ2v) is 6.51. The zero-order valence-electron chi connectivity index (χ0n) is 14.4. The first-order chi connectivity index (χ1) is 12.2. The van der Waals surface area contributed by atoms with Crippen LogP contribution >= 0.6 is 11.8 Å². The second-order valence-electron chi connectivity index (χ2n) is 5.38. The van der Waals surface area contributed by atoms with Crippen molar-refractivity contribution in [2.24, 2.45) is 0 Å². The molecular formula is C18H18F3NO3S. The van der Waals surface area contributed by atoms with E-state index >= 15 is 0 Å². The van der Waals surface area contributed by atoms with Gasteiger partial charge in [-0.1, -0.05) is 0 Å².